The number of carboxylic acids is 1. The molecule has 1 amide bonds. The molecule has 108 valence electrons. The van der Waals surface area contributed by atoms with Crippen LogP contribution in [0.4, 0.5) is 0 Å². The Morgan fingerprint density at radius 1 is 1.40 bits per heavy atom. The molecule has 1 aromatic rings. The number of ether oxygens (including phenoxy) is 1. The first kappa shape index (κ1) is 14.7. The number of carbonyl (C=O) groups is 2. The fourth-order valence-corrected chi connectivity index (χ4v) is 2.49. The molecule has 1 aromatic carbocycles. The molecule has 2 N–H and O–H groups in total. The summed E-state index contributed by atoms with van der Waals surface area (Å²) in [6, 6.07) is 6.73. The average Bonchev–Trinajstić information content (AvgIpc) is 2.85. The van der Waals surface area contributed by atoms with Gasteiger partial charge in [0.05, 0.1) is 5.92 Å². The summed E-state index contributed by atoms with van der Waals surface area (Å²) in [6.07, 6.45) is 1.79. The Hall–Kier alpha value is -1.75. The van der Waals surface area contributed by atoms with Crippen molar-refractivity contribution in [3.8, 4) is 5.75 Å². The first-order chi connectivity index (χ1) is 9.54. The van der Waals surface area contributed by atoms with E-state index < -0.39 is 5.97 Å². The van der Waals surface area contributed by atoms with Gasteiger partial charge in [-0.1, -0.05) is 17.7 Å². The topological polar surface area (TPSA) is 75.6 Å². The standard InChI is InChI=1S/C14H16ClNO4/c15-10-2-1-3-12(7-10)20-8-13(17)16-11-5-4-9(6-11)14(18)19/h1-3,7,9,11H,4-6,8H2,(H,16,17)(H,18,19)/t9-,11+/m0/s1. The van der Waals surface area contributed by atoms with Gasteiger partial charge in [-0.05, 0) is 37.5 Å². The van der Waals surface area contributed by atoms with E-state index in [4.69, 9.17) is 21.4 Å². The summed E-state index contributed by atoms with van der Waals surface area (Å²) in [7, 11) is 0. The van der Waals surface area contributed by atoms with Crippen LogP contribution in [-0.4, -0.2) is 29.6 Å². The molecular weight excluding hydrogens is 282 g/mol. The number of carbonyl (C=O) groups excluding carboxylic acids is 1. The van der Waals surface area contributed by atoms with Gasteiger partial charge in [-0.3, -0.25) is 9.59 Å². The number of carboxylic acid groups (broad SMARTS) is 1. The maximum atomic E-state index is 11.7. The Balaban J connectivity index is 1.75. The van der Waals surface area contributed by atoms with Crippen molar-refractivity contribution in [1.29, 1.82) is 0 Å². The van der Waals surface area contributed by atoms with E-state index >= 15 is 0 Å². The van der Waals surface area contributed by atoms with Crippen molar-refractivity contribution in [3.63, 3.8) is 0 Å². The van der Waals surface area contributed by atoms with Gasteiger partial charge in [-0.2, -0.15) is 0 Å². The van der Waals surface area contributed by atoms with Crippen molar-refractivity contribution >= 4 is 23.5 Å². The molecule has 0 aliphatic heterocycles. The van der Waals surface area contributed by atoms with Crippen LogP contribution in [0.5, 0.6) is 5.75 Å². The minimum Gasteiger partial charge on any atom is -0.484 e. The molecule has 0 spiro atoms. The summed E-state index contributed by atoms with van der Waals surface area (Å²) in [4.78, 5) is 22.5. The SMILES string of the molecule is O=C(COc1cccc(Cl)c1)N[C@@H]1CC[C@H](C(=O)O)C1. The van der Waals surface area contributed by atoms with Crippen molar-refractivity contribution in [3.05, 3.63) is 29.3 Å². The normalized spacial score (nSPS) is 21.4. The van der Waals surface area contributed by atoms with E-state index in [0.717, 1.165) is 0 Å². The smallest absolute Gasteiger partial charge is 0.306 e. The quantitative estimate of drug-likeness (QED) is 0.872. The third-order valence-corrected chi connectivity index (χ3v) is 3.55. The Morgan fingerprint density at radius 3 is 2.85 bits per heavy atom. The van der Waals surface area contributed by atoms with E-state index in [1.54, 1.807) is 24.3 Å². The highest BCUT2D eigenvalue weighted by Gasteiger charge is 2.30. The number of aliphatic carboxylic acids is 1. The molecule has 1 saturated carbocycles. The molecule has 2 atom stereocenters. The van der Waals surface area contributed by atoms with Gasteiger partial charge in [0.2, 0.25) is 0 Å². The second kappa shape index (κ2) is 6.61. The Labute approximate surface area is 121 Å². The summed E-state index contributed by atoms with van der Waals surface area (Å²) in [5, 5.41) is 12.2. The molecule has 1 fully saturated rings. The van der Waals surface area contributed by atoms with Gasteiger partial charge in [0.1, 0.15) is 5.75 Å². The maximum Gasteiger partial charge on any atom is 0.306 e. The fraction of sp³-hybridized carbons (Fsp3) is 0.429. The number of hydrogen-bond acceptors (Lipinski definition) is 3. The van der Waals surface area contributed by atoms with Gasteiger partial charge in [-0.25, -0.2) is 0 Å². The predicted molar refractivity (Wildman–Crippen MR) is 73.9 cm³/mol. The summed E-state index contributed by atoms with van der Waals surface area (Å²) in [5.41, 5.74) is 0. The van der Waals surface area contributed by atoms with Crippen molar-refractivity contribution in [2.45, 2.75) is 25.3 Å². The van der Waals surface area contributed by atoms with Gasteiger partial charge < -0.3 is 15.2 Å². The molecule has 5 nitrogen and oxygen atoms in total. The van der Waals surface area contributed by atoms with Crippen LogP contribution in [-0.2, 0) is 9.59 Å². The number of hydrogen-bond donors (Lipinski definition) is 2. The molecular formula is C14H16ClNO4. The van der Waals surface area contributed by atoms with Crippen LogP contribution in [0, 0.1) is 5.92 Å². The van der Waals surface area contributed by atoms with Gasteiger partial charge in [-0.15, -0.1) is 0 Å². The molecule has 1 aliphatic carbocycles. The number of rotatable bonds is 5. The number of amides is 1. The molecule has 0 radical (unpaired) electrons. The summed E-state index contributed by atoms with van der Waals surface area (Å²) >= 11 is 5.81. The van der Waals surface area contributed by atoms with Gasteiger partial charge in [0.25, 0.3) is 5.91 Å². The summed E-state index contributed by atoms with van der Waals surface area (Å²) in [5.74, 6) is -0.866. The van der Waals surface area contributed by atoms with Gasteiger partial charge in [0.15, 0.2) is 6.61 Å². The van der Waals surface area contributed by atoms with E-state index in [1.807, 2.05) is 0 Å². The third-order valence-electron chi connectivity index (χ3n) is 3.31. The Kier molecular flexibility index (Phi) is 4.84. The van der Waals surface area contributed by atoms with Crippen molar-refractivity contribution in [2.75, 3.05) is 6.61 Å². The molecule has 1 aliphatic rings. The van der Waals surface area contributed by atoms with E-state index in [1.165, 1.54) is 0 Å². The molecule has 0 unspecified atom stereocenters. The van der Waals surface area contributed by atoms with Crippen LogP contribution in [0.1, 0.15) is 19.3 Å². The highest BCUT2D eigenvalue weighted by molar-refractivity contribution is 6.30. The highest BCUT2D eigenvalue weighted by atomic mass is 35.5. The van der Waals surface area contributed by atoms with Crippen LogP contribution in [0.15, 0.2) is 24.3 Å². The monoisotopic (exact) mass is 297 g/mol. The predicted octanol–water partition coefficient (Wildman–Crippen LogP) is 2.09. The Bertz CT molecular complexity index is 506. The van der Waals surface area contributed by atoms with Gasteiger partial charge in [0, 0.05) is 11.1 Å². The second-order valence-corrected chi connectivity index (χ2v) is 5.30. The average molecular weight is 298 g/mol. The lowest BCUT2D eigenvalue weighted by atomic mass is 10.1. The number of benzene rings is 1. The lowest BCUT2D eigenvalue weighted by Crippen LogP contribution is -2.36. The molecule has 20 heavy (non-hydrogen) atoms. The number of halogens is 1. The van der Waals surface area contributed by atoms with Crippen molar-refractivity contribution < 1.29 is 19.4 Å². The Morgan fingerprint density at radius 2 is 2.20 bits per heavy atom. The van der Waals surface area contributed by atoms with E-state index in [-0.39, 0.29) is 24.5 Å². The zero-order valence-electron chi connectivity index (χ0n) is 10.8. The lowest BCUT2D eigenvalue weighted by Gasteiger charge is -2.13. The molecule has 6 heteroatoms. The van der Waals surface area contributed by atoms with E-state index in [9.17, 15) is 9.59 Å². The third kappa shape index (κ3) is 4.13. The second-order valence-electron chi connectivity index (χ2n) is 4.86. The summed E-state index contributed by atoms with van der Waals surface area (Å²) in [6.45, 7) is -0.103. The fourth-order valence-electron chi connectivity index (χ4n) is 2.31. The lowest BCUT2D eigenvalue weighted by molar-refractivity contribution is -0.141. The molecule has 0 aromatic heterocycles. The zero-order chi connectivity index (χ0) is 14.5. The summed E-state index contributed by atoms with van der Waals surface area (Å²) < 4.78 is 5.32. The first-order valence-electron chi connectivity index (χ1n) is 6.45. The van der Waals surface area contributed by atoms with Crippen LogP contribution in [0.3, 0.4) is 0 Å². The minimum absolute atomic E-state index is 0.0773. The molecule has 0 saturated heterocycles. The van der Waals surface area contributed by atoms with Crippen LogP contribution < -0.4 is 10.1 Å². The van der Waals surface area contributed by atoms with E-state index in [2.05, 4.69) is 5.32 Å². The van der Waals surface area contributed by atoms with Crippen LogP contribution in [0.2, 0.25) is 5.02 Å². The maximum absolute atomic E-state index is 11.7. The highest BCUT2D eigenvalue weighted by Crippen LogP contribution is 2.25. The zero-order valence-corrected chi connectivity index (χ0v) is 11.6. The van der Waals surface area contributed by atoms with E-state index in [0.29, 0.717) is 30.0 Å². The number of nitrogens with one attached hydrogen (secondary N) is 1. The molecule has 2 rings (SSSR count). The van der Waals surface area contributed by atoms with Crippen molar-refractivity contribution in [2.24, 2.45) is 5.92 Å². The first-order valence-corrected chi connectivity index (χ1v) is 6.83. The van der Waals surface area contributed by atoms with Gasteiger partial charge >= 0.3 is 5.97 Å². The van der Waals surface area contributed by atoms with Crippen LogP contribution >= 0.6 is 11.6 Å². The largest absolute Gasteiger partial charge is 0.484 e. The minimum atomic E-state index is -0.795. The van der Waals surface area contributed by atoms with Crippen molar-refractivity contribution in [1.82, 2.24) is 5.32 Å². The van der Waals surface area contributed by atoms with Crippen LogP contribution in [0.25, 0.3) is 0 Å². The molecule has 0 heterocycles. The molecule has 0 bridgehead atoms.